The van der Waals surface area contributed by atoms with E-state index in [0.717, 1.165) is 10.0 Å². The topological polar surface area (TPSA) is 66.5 Å². The van der Waals surface area contributed by atoms with E-state index in [4.69, 9.17) is 11.6 Å². The third kappa shape index (κ3) is 3.76. The van der Waals surface area contributed by atoms with Crippen LogP contribution < -0.4 is 10.2 Å². The van der Waals surface area contributed by atoms with E-state index in [0.29, 0.717) is 27.5 Å². The number of nitrogens with zero attached hydrogens (tertiary/aromatic N) is 1. The summed E-state index contributed by atoms with van der Waals surface area (Å²) in [6.07, 6.45) is 3.78. The molecule has 3 aliphatic rings. The van der Waals surface area contributed by atoms with Crippen LogP contribution in [0.4, 0.5) is 15.8 Å². The fourth-order valence-corrected chi connectivity index (χ4v) is 7.17. The Morgan fingerprint density at radius 2 is 1.59 bits per heavy atom. The Balaban J connectivity index is 1.53. The lowest BCUT2D eigenvalue weighted by Crippen LogP contribution is -2.51. The highest BCUT2D eigenvalue weighted by molar-refractivity contribution is 9.10. The number of rotatable bonds is 4. The average Bonchev–Trinajstić information content (AvgIpc) is 3.45. The van der Waals surface area contributed by atoms with Gasteiger partial charge in [-0.1, -0.05) is 70.0 Å². The maximum atomic E-state index is 14.7. The number of carbonyl (C=O) groups is 3. The quantitative estimate of drug-likeness (QED) is 0.245. The molecule has 1 fully saturated rings. The van der Waals surface area contributed by atoms with Gasteiger partial charge >= 0.3 is 0 Å². The predicted octanol–water partition coefficient (Wildman–Crippen LogP) is 7.10. The van der Waals surface area contributed by atoms with Crippen molar-refractivity contribution < 1.29 is 18.8 Å². The number of fused-ring (bicyclic) bond motifs is 6. The molecule has 4 unspecified atom stereocenters. The summed E-state index contributed by atoms with van der Waals surface area (Å²) in [5.41, 5.74) is 1.91. The van der Waals surface area contributed by atoms with Crippen molar-refractivity contribution in [2.45, 2.75) is 17.5 Å². The number of hydrogen-bond donors (Lipinski definition) is 1. The van der Waals surface area contributed by atoms with Gasteiger partial charge in [-0.25, -0.2) is 4.39 Å². The second-order valence-electron chi connectivity index (χ2n) is 10.4. The van der Waals surface area contributed by atoms with Crippen molar-refractivity contribution >= 4 is 62.5 Å². The molecule has 4 aromatic carbocycles. The molecular formula is C33H21BrClFN2O3. The first kappa shape index (κ1) is 25.9. The molecule has 0 aromatic heterocycles. The van der Waals surface area contributed by atoms with Crippen molar-refractivity contribution in [1.82, 2.24) is 0 Å². The molecule has 0 radical (unpaired) electrons. The summed E-state index contributed by atoms with van der Waals surface area (Å²) in [4.78, 5) is 45.5. The first-order chi connectivity index (χ1) is 19.8. The van der Waals surface area contributed by atoms with E-state index in [-0.39, 0.29) is 17.3 Å². The van der Waals surface area contributed by atoms with Gasteiger partial charge in [0.25, 0.3) is 0 Å². The number of ketones is 2. The van der Waals surface area contributed by atoms with E-state index >= 15 is 0 Å². The van der Waals surface area contributed by atoms with Crippen LogP contribution in [0.15, 0.2) is 102 Å². The molecule has 7 rings (SSSR count). The second kappa shape index (κ2) is 9.50. The van der Waals surface area contributed by atoms with Crippen molar-refractivity contribution in [3.63, 3.8) is 0 Å². The van der Waals surface area contributed by atoms with E-state index in [1.807, 2.05) is 41.3 Å². The molecule has 0 saturated carbocycles. The molecule has 5 nitrogen and oxygen atoms in total. The van der Waals surface area contributed by atoms with Crippen LogP contribution in [0.3, 0.4) is 0 Å². The first-order valence-electron chi connectivity index (χ1n) is 13.1. The fourth-order valence-electron chi connectivity index (χ4n) is 6.73. The van der Waals surface area contributed by atoms with E-state index in [9.17, 15) is 18.8 Å². The predicted molar refractivity (Wildman–Crippen MR) is 160 cm³/mol. The van der Waals surface area contributed by atoms with Crippen LogP contribution in [-0.4, -0.2) is 29.6 Å². The summed E-state index contributed by atoms with van der Waals surface area (Å²) in [5.74, 6) is -2.69. The lowest BCUT2D eigenvalue weighted by Gasteiger charge is -2.37. The van der Waals surface area contributed by atoms with E-state index in [1.165, 1.54) is 24.3 Å². The number of benzene rings is 4. The number of nitrogens with one attached hydrogen (secondary N) is 1. The molecule has 1 saturated heterocycles. The van der Waals surface area contributed by atoms with Gasteiger partial charge in [-0.05, 0) is 71.8 Å². The lowest BCUT2D eigenvalue weighted by atomic mass is 9.64. The highest BCUT2D eigenvalue weighted by Gasteiger charge is 2.70. The van der Waals surface area contributed by atoms with Crippen LogP contribution in [0.1, 0.15) is 31.8 Å². The van der Waals surface area contributed by atoms with E-state index in [2.05, 4.69) is 21.2 Å². The van der Waals surface area contributed by atoms with Crippen molar-refractivity contribution in [3.8, 4) is 0 Å². The molecule has 0 bridgehead atoms. The zero-order valence-electron chi connectivity index (χ0n) is 21.4. The van der Waals surface area contributed by atoms with Crippen LogP contribution in [-0.2, 0) is 10.2 Å². The molecule has 4 atom stereocenters. The Hall–Kier alpha value is -4.07. The number of hydrogen-bond acceptors (Lipinski definition) is 4. The maximum Gasteiger partial charge on any atom is 0.238 e. The summed E-state index contributed by atoms with van der Waals surface area (Å²) in [7, 11) is 0. The molecule has 8 heteroatoms. The van der Waals surface area contributed by atoms with Gasteiger partial charge in [0.2, 0.25) is 5.91 Å². The average molecular weight is 628 g/mol. The van der Waals surface area contributed by atoms with Crippen molar-refractivity contribution in [2.75, 3.05) is 10.2 Å². The minimum atomic E-state index is -1.44. The zero-order chi connectivity index (χ0) is 28.5. The highest BCUT2D eigenvalue weighted by atomic mass is 79.9. The van der Waals surface area contributed by atoms with Crippen molar-refractivity contribution in [3.05, 3.63) is 135 Å². The van der Waals surface area contributed by atoms with Gasteiger partial charge in [-0.3, -0.25) is 14.4 Å². The largest absolute Gasteiger partial charge is 0.352 e. The summed E-state index contributed by atoms with van der Waals surface area (Å²) >= 11 is 9.77. The number of anilines is 2. The Labute approximate surface area is 248 Å². The van der Waals surface area contributed by atoms with E-state index in [1.54, 1.807) is 42.5 Å². The van der Waals surface area contributed by atoms with Crippen LogP contribution >= 0.6 is 27.5 Å². The monoisotopic (exact) mass is 626 g/mol. The minimum absolute atomic E-state index is 0.224. The standard InChI is InChI=1S/C33H21BrClFN2O3/c34-21-10-5-19(6-11-21)31(40)29-28(30(39)18-7-13-23(36)14-8-18)33(24-3-1-2-4-25(24)37-32(33)41)27-16-9-20-17-22(35)12-15-26(20)38(27)29/h1-17,27-29H,(H,37,41). The van der Waals surface area contributed by atoms with Gasteiger partial charge in [-0.2, -0.15) is 0 Å². The summed E-state index contributed by atoms with van der Waals surface area (Å²) in [6.45, 7) is 0. The Kier molecular flexibility index (Phi) is 5.99. The summed E-state index contributed by atoms with van der Waals surface area (Å²) in [5, 5.41) is 3.53. The third-order valence-corrected chi connectivity index (χ3v) is 9.17. The van der Waals surface area contributed by atoms with Crippen LogP contribution in [0, 0.1) is 11.7 Å². The number of halogens is 3. The Bertz CT molecular complexity index is 1790. The molecule has 1 spiro atoms. The number of carbonyl (C=O) groups excluding carboxylic acids is 3. The minimum Gasteiger partial charge on any atom is -0.352 e. The van der Waals surface area contributed by atoms with Crippen molar-refractivity contribution in [2.24, 2.45) is 5.92 Å². The molecule has 4 aromatic rings. The molecule has 1 amide bonds. The first-order valence-corrected chi connectivity index (χ1v) is 14.2. The van der Waals surface area contributed by atoms with Crippen LogP contribution in [0.25, 0.3) is 6.08 Å². The maximum absolute atomic E-state index is 14.7. The molecule has 3 aliphatic heterocycles. The van der Waals surface area contributed by atoms with Crippen molar-refractivity contribution in [1.29, 1.82) is 0 Å². The highest BCUT2D eigenvalue weighted by Crippen LogP contribution is 2.58. The van der Waals surface area contributed by atoms with Gasteiger partial charge in [-0.15, -0.1) is 0 Å². The smallest absolute Gasteiger partial charge is 0.238 e. The molecule has 1 N–H and O–H groups in total. The second-order valence-corrected chi connectivity index (χ2v) is 11.8. The fraction of sp³-hybridized carbons (Fsp3) is 0.121. The van der Waals surface area contributed by atoms with Crippen LogP contribution in [0.5, 0.6) is 0 Å². The Morgan fingerprint density at radius 1 is 0.902 bits per heavy atom. The van der Waals surface area contributed by atoms with E-state index < -0.39 is 35.0 Å². The molecular weight excluding hydrogens is 607 g/mol. The molecule has 3 heterocycles. The number of Topliss-reactive ketones (excluding diaryl/α,β-unsaturated/α-hetero) is 2. The van der Waals surface area contributed by atoms with Gasteiger partial charge in [0.15, 0.2) is 11.6 Å². The molecule has 202 valence electrons. The Morgan fingerprint density at radius 3 is 2.34 bits per heavy atom. The SMILES string of the molecule is O=C(c1ccc(Br)cc1)C1C(C(=O)c2ccc(F)cc2)C2(C(=O)Nc3ccccc32)C2C=Cc3cc(Cl)ccc3N12. The third-order valence-electron chi connectivity index (χ3n) is 8.40. The summed E-state index contributed by atoms with van der Waals surface area (Å²) < 4.78 is 14.7. The number of amides is 1. The lowest BCUT2D eigenvalue weighted by molar-refractivity contribution is -0.121. The van der Waals surface area contributed by atoms with Gasteiger partial charge in [0.05, 0.1) is 12.0 Å². The van der Waals surface area contributed by atoms with Gasteiger partial charge < -0.3 is 10.2 Å². The van der Waals surface area contributed by atoms with Crippen LogP contribution in [0.2, 0.25) is 5.02 Å². The van der Waals surface area contributed by atoms with Gasteiger partial charge in [0.1, 0.15) is 17.3 Å². The normalized spacial score (nSPS) is 23.6. The summed E-state index contributed by atoms with van der Waals surface area (Å²) in [6, 6.07) is 23.1. The van der Waals surface area contributed by atoms with Gasteiger partial charge in [0, 0.05) is 32.0 Å². The number of para-hydroxylation sites is 1. The zero-order valence-corrected chi connectivity index (χ0v) is 23.7. The molecule has 41 heavy (non-hydrogen) atoms. The molecule has 0 aliphatic carbocycles.